The molecule has 22 heavy (non-hydrogen) atoms. The molecular weight excluding hydrogens is 348 g/mol. The van der Waals surface area contributed by atoms with Gasteiger partial charge in [-0.15, -0.1) is 0 Å². The van der Waals surface area contributed by atoms with Crippen molar-refractivity contribution in [2.75, 3.05) is 11.7 Å². The van der Waals surface area contributed by atoms with Crippen molar-refractivity contribution >= 4 is 27.5 Å². The number of hydrogen-bond acceptors (Lipinski definition) is 4. The maximum Gasteiger partial charge on any atom is 0.247 e. The zero-order valence-electron chi connectivity index (χ0n) is 11.5. The molecule has 0 aliphatic carbocycles. The van der Waals surface area contributed by atoms with E-state index in [1.807, 2.05) is 42.5 Å². The topological polar surface area (TPSA) is 64.8 Å². The van der Waals surface area contributed by atoms with Gasteiger partial charge in [-0.2, -0.15) is 0 Å². The number of β-lactam (4-membered cyclic amide) rings is 1. The van der Waals surface area contributed by atoms with Crippen LogP contribution >= 0.6 is 15.9 Å². The molecule has 0 radical (unpaired) electrons. The van der Waals surface area contributed by atoms with E-state index in [1.54, 1.807) is 4.90 Å². The largest absolute Gasteiger partial charge is 0.454 e. The van der Waals surface area contributed by atoms with Gasteiger partial charge in [0.2, 0.25) is 12.7 Å². The molecule has 2 aromatic rings. The fraction of sp³-hybridized carbons (Fsp3) is 0.188. The number of amides is 1. The summed E-state index contributed by atoms with van der Waals surface area (Å²) in [5, 5.41) is 0. The van der Waals surface area contributed by atoms with Gasteiger partial charge in [0, 0.05) is 10.2 Å². The van der Waals surface area contributed by atoms with Crippen molar-refractivity contribution < 1.29 is 14.3 Å². The van der Waals surface area contributed by atoms with E-state index in [2.05, 4.69) is 15.9 Å². The highest BCUT2D eigenvalue weighted by Crippen LogP contribution is 2.42. The molecule has 4 rings (SSSR count). The van der Waals surface area contributed by atoms with Gasteiger partial charge in [0.1, 0.15) is 6.04 Å². The zero-order chi connectivity index (χ0) is 15.3. The summed E-state index contributed by atoms with van der Waals surface area (Å²) in [6, 6.07) is 12.6. The van der Waals surface area contributed by atoms with Crippen LogP contribution in [0.15, 0.2) is 46.9 Å². The van der Waals surface area contributed by atoms with E-state index in [4.69, 9.17) is 15.2 Å². The molecule has 1 amide bonds. The van der Waals surface area contributed by atoms with Crippen LogP contribution in [-0.4, -0.2) is 18.7 Å². The lowest BCUT2D eigenvalue weighted by atomic mass is 9.88. The van der Waals surface area contributed by atoms with Gasteiger partial charge < -0.3 is 20.1 Å². The molecule has 112 valence electrons. The quantitative estimate of drug-likeness (QED) is 0.836. The average Bonchev–Trinajstić information content (AvgIpc) is 3.00. The number of hydrogen-bond donors (Lipinski definition) is 1. The maximum atomic E-state index is 12.2. The molecular formula is C16H13BrN2O3. The van der Waals surface area contributed by atoms with Crippen LogP contribution in [0.25, 0.3) is 0 Å². The van der Waals surface area contributed by atoms with E-state index < -0.39 is 6.04 Å². The Morgan fingerprint density at radius 1 is 1.09 bits per heavy atom. The third kappa shape index (κ3) is 1.99. The molecule has 0 spiro atoms. The highest BCUT2D eigenvalue weighted by atomic mass is 79.9. The molecule has 0 unspecified atom stereocenters. The number of benzene rings is 2. The van der Waals surface area contributed by atoms with Crippen molar-refractivity contribution in [3.8, 4) is 11.5 Å². The van der Waals surface area contributed by atoms with E-state index in [0.717, 1.165) is 21.5 Å². The molecule has 2 aliphatic heterocycles. The summed E-state index contributed by atoms with van der Waals surface area (Å²) in [5.74, 6) is 1.34. The Labute approximate surface area is 135 Å². The monoisotopic (exact) mass is 360 g/mol. The van der Waals surface area contributed by atoms with Crippen LogP contribution in [0.5, 0.6) is 11.5 Å². The Balaban J connectivity index is 1.70. The number of carbonyl (C=O) groups excluding carboxylic acids is 1. The summed E-state index contributed by atoms with van der Waals surface area (Å²) in [6.45, 7) is 0.227. The fourth-order valence-corrected chi connectivity index (χ4v) is 3.12. The number of fused-ring (bicyclic) bond motifs is 1. The van der Waals surface area contributed by atoms with Crippen LogP contribution in [0.1, 0.15) is 11.6 Å². The van der Waals surface area contributed by atoms with Crippen LogP contribution in [0.4, 0.5) is 5.69 Å². The standard InChI is InChI=1S/C16H13BrN2O3/c17-10-2-4-11(5-3-10)19-15(14(18)16(19)20)9-1-6-12-13(7-9)22-8-21-12/h1-7,14-15H,8,18H2/t14-,15+/m0/s1. The number of carbonyl (C=O) groups is 1. The minimum absolute atomic E-state index is 0.0787. The Morgan fingerprint density at radius 3 is 2.59 bits per heavy atom. The smallest absolute Gasteiger partial charge is 0.247 e. The maximum absolute atomic E-state index is 12.2. The minimum Gasteiger partial charge on any atom is -0.454 e. The van der Waals surface area contributed by atoms with Crippen molar-refractivity contribution in [1.82, 2.24) is 0 Å². The Hall–Kier alpha value is -2.05. The van der Waals surface area contributed by atoms with E-state index in [1.165, 1.54) is 0 Å². The first-order valence-corrected chi connectivity index (χ1v) is 7.68. The normalized spacial score (nSPS) is 22.6. The summed E-state index contributed by atoms with van der Waals surface area (Å²) < 4.78 is 11.7. The lowest BCUT2D eigenvalue weighted by molar-refractivity contribution is -0.126. The number of halogens is 1. The van der Waals surface area contributed by atoms with E-state index in [0.29, 0.717) is 5.75 Å². The predicted octanol–water partition coefficient (Wildman–Crippen LogP) is 2.59. The van der Waals surface area contributed by atoms with Gasteiger partial charge in [-0.3, -0.25) is 4.79 Å². The number of nitrogens with zero attached hydrogens (tertiary/aromatic N) is 1. The molecule has 2 N–H and O–H groups in total. The van der Waals surface area contributed by atoms with Crippen molar-refractivity contribution in [2.24, 2.45) is 5.73 Å². The second-order valence-corrected chi connectivity index (χ2v) is 6.18. The van der Waals surface area contributed by atoms with Crippen molar-refractivity contribution in [3.05, 3.63) is 52.5 Å². The summed E-state index contributed by atoms with van der Waals surface area (Å²) >= 11 is 3.40. The Kier molecular flexibility index (Phi) is 3.09. The van der Waals surface area contributed by atoms with Crippen LogP contribution in [0, 0.1) is 0 Å². The molecule has 2 heterocycles. The van der Waals surface area contributed by atoms with E-state index in [9.17, 15) is 4.79 Å². The van der Waals surface area contributed by atoms with Crippen LogP contribution in [0.2, 0.25) is 0 Å². The molecule has 0 aromatic heterocycles. The van der Waals surface area contributed by atoms with Crippen LogP contribution in [-0.2, 0) is 4.79 Å². The van der Waals surface area contributed by atoms with Crippen molar-refractivity contribution in [1.29, 1.82) is 0 Å². The van der Waals surface area contributed by atoms with Gasteiger partial charge in [-0.05, 0) is 42.0 Å². The molecule has 2 aliphatic rings. The lowest BCUT2D eigenvalue weighted by Crippen LogP contribution is -2.63. The van der Waals surface area contributed by atoms with Gasteiger partial charge >= 0.3 is 0 Å². The van der Waals surface area contributed by atoms with Gasteiger partial charge in [0.05, 0.1) is 6.04 Å². The molecule has 0 bridgehead atoms. The Morgan fingerprint density at radius 2 is 1.82 bits per heavy atom. The van der Waals surface area contributed by atoms with Gasteiger partial charge in [0.15, 0.2) is 11.5 Å². The highest BCUT2D eigenvalue weighted by molar-refractivity contribution is 9.10. The molecule has 6 heteroatoms. The third-order valence-electron chi connectivity index (χ3n) is 3.98. The Bertz CT molecular complexity index is 748. The summed E-state index contributed by atoms with van der Waals surface area (Å²) in [7, 11) is 0. The van der Waals surface area contributed by atoms with Gasteiger partial charge in [-0.1, -0.05) is 22.0 Å². The molecule has 0 saturated carbocycles. The zero-order valence-corrected chi connectivity index (χ0v) is 13.1. The summed E-state index contributed by atoms with van der Waals surface area (Å²) in [6.07, 6.45) is 0. The summed E-state index contributed by atoms with van der Waals surface area (Å²) in [5.41, 5.74) is 7.80. The van der Waals surface area contributed by atoms with Gasteiger partial charge in [0.25, 0.3) is 0 Å². The first-order chi connectivity index (χ1) is 10.6. The molecule has 2 aromatic carbocycles. The van der Waals surface area contributed by atoms with Gasteiger partial charge in [-0.25, -0.2) is 0 Å². The van der Waals surface area contributed by atoms with Crippen molar-refractivity contribution in [3.63, 3.8) is 0 Å². The third-order valence-corrected chi connectivity index (χ3v) is 4.51. The van der Waals surface area contributed by atoms with Crippen molar-refractivity contribution in [2.45, 2.75) is 12.1 Å². The van der Waals surface area contributed by atoms with E-state index >= 15 is 0 Å². The molecule has 2 atom stereocenters. The number of nitrogens with two attached hydrogens (primary N) is 1. The molecule has 1 fully saturated rings. The summed E-state index contributed by atoms with van der Waals surface area (Å²) in [4.78, 5) is 13.9. The predicted molar refractivity (Wildman–Crippen MR) is 84.9 cm³/mol. The first-order valence-electron chi connectivity index (χ1n) is 6.89. The van der Waals surface area contributed by atoms with E-state index in [-0.39, 0.29) is 18.7 Å². The number of rotatable bonds is 2. The fourth-order valence-electron chi connectivity index (χ4n) is 2.85. The second-order valence-electron chi connectivity index (χ2n) is 5.27. The van der Waals surface area contributed by atoms with Crippen LogP contribution < -0.4 is 20.1 Å². The SMILES string of the molecule is N[C@@H]1C(=O)N(c2ccc(Br)cc2)[C@@H]1c1ccc2c(c1)OCO2. The lowest BCUT2D eigenvalue weighted by Gasteiger charge is -2.45. The second kappa shape index (κ2) is 5.00. The van der Waals surface area contributed by atoms with Crippen LogP contribution in [0.3, 0.4) is 0 Å². The highest BCUT2D eigenvalue weighted by Gasteiger charge is 2.46. The minimum atomic E-state index is -0.538. The number of ether oxygens (including phenoxy) is 2. The number of anilines is 1. The average molecular weight is 361 g/mol. The first kappa shape index (κ1) is 13.6. The molecule has 1 saturated heterocycles. The molecule has 5 nitrogen and oxygen atoms in total.